The lowest BCUT2D eigenvalue weighted by molar-refractivity contribution is -0.113. The molecule has 3 amide bonds. The Labute approximate surface area is 170 Å². The fraction of sp³-hybridized carbons (Fsp3) is 0.273. The maximum atomic E-state index is 13.2. The van der Waals surface area contributed by atoms with Gasteiger partial charge in [-0.3, -0.25) is 4.79 Å². The van der Waals surface area contributed by atoms with Gasteiger partial charge in [0, 0.05) is 16.9 Å². The monoisotopic (exact) mass is 395 g/mol. The Hall–Kier alpha value is -3.48. The van der Waals surface area contributed by atoms with Crippen molar-refractivity contribution in [3.05, 3.63) is 64.4 Å². The van der Waals surface area contributed by atoms with E-state index in [1.165, 1.54) is 0 Å². The molecular formula is C22H25N3O4. The van der Waals surface area contributed by atoms with Crippen molar-refractivity contribution in [1.29, 1.82) is 0 Å². The summed E-state index contributed by atoms with van der Waals surface area (Å²) in [5.74, 6) is 0.829. The van der Waals surface area contributed by atoms with Gasteiger partial charge in [-0.1, -0.05) is 6.07 Å². The third kappa shape index (κ3) is 4.18. The summed E-state index contributed by atoms with van der Waals surface area (Å²) in [4.78, 5) is 25.3. The molecule has 0 radical (unpaired) electrons. The first-order valence-corrected chi connectivity index (χ1v) is 9.23. The zero-order chi connectivity index (χ0) is 21.1. The van der Waals surface area contributed by atoms with Gasteiger partial charge < -0.3 is 25.4 Å². The van der Waals surface area contributed by atoms with Crippen LogP contribution in [0.25, 0.3) is 0 Å². The molecule has 1 aliphatic rings. The molecule has 1 atom stereocenters. The summed E-state index contributed by atoms with van der Waals surface area (Å²) >= 11 is 0. The highest BCUT2D eigenvalue weighted by Crippen LogP contribution is 2.36. The number of carbonyl (C=O) groups is 2. The number of allylic oxidation sites excluding steroid dienone is 1. The average Bonchev–Trinajstić information content (AvgIpc) is 2.69. The number of benzene rings is 2. The van der Waals surface area contributed by atoms with E-state index in [4.69, 9.17) is 9.47 Å². The van der Waals surface area contributed by atoms with Crippen molar-refractivity contribution in [2.75, 3.05) is 19.5 Å². The lowest BCUT2D eigenvalue weighted by Gasteiger charge is -2.29. The second-order valence-electron chi connectivity index (χ2n) is 6.93. The molecule has 2 aromatic rings. The Kier molecular flexibility index (Phi) is 5.77. The van der Waals surface area contributed by atoms with E-state index in [0.29, 0.717) is 34.0 Å². The zero-order valence-corrected chi connectivity index (χ0v) is 17.2. The van der Waals surface area contributed by atoms with Crippen molar-refractivity contribution < 1.29 is 19.1 Å². The van der Waals surface area contributed by atoms with Crippen molar-refractivity contribution >= 4 is 17.6 Å². The zero-order valence-electron chi connectivity index (χ0n) is 17.2. The highest BCUT2D eigenvalue weighted by molar-refractivity contribution is 6.07. The Balaban J connectivity index is 2.02. The van der Waals surface area contributed by atoms with Crippen LogP contribution in [0.1, 0.15) is 29.7 Å². The van der Waals surface area contributed by atoms with E-state index in [1.807, 2.05) is 32.0 Å². The molecule has 0 unspecified atom stereocenters. The number of urea groups is 1. The summed E-state index contributed by atoms with van der Waals surface area (Å²) in [7, 11) is 3.10. The molecule has 0 aromatic heterocycles. The summed E-state index contributed by atoms with van der Waals surface area (Å²) in [6.45, 7) is 5.70. The van der Waals surface area contributed by atoms with E-state index in [9.17, 15) is 9.59 Å². The second kappa shape index (κ2) is 8.26. The van der Waals surface area contributed by atoms with Gasteiger partial charge in [0.1, 0.15) is 11.5 Å². The standard InChI is InChI=1S/C22H25N3O4/c1-12-6-7-15(10-13(12)2)24-21(26)19-14(3)23-22(27)25-20(19)17-11-16(28-4)8-9-18(17)29-5/h6-11,20H,1-5H3,(H,24,26)(H2,23,25,27)/t20-/m0/s1. The van der Waals surface area contributed by atoms with Gasteiger partial charge >= 0.3 is 6.03 Å². The van der Waals surface area contributed by atoms with Crippen LogP contribution < -0.4 is 25.4 Å². The van der Waals surface area contributed by atoms with Crippen molar-refractivity contribution in [2.45, 2.75) is 26.8 Å². The van der Waals surface area contributed by atoms with E-state index >= 15 is 0 Å². The first kappa shape index (κ1) is 20.3. The third-order valence-electron chi connectivity index (χ3n) is 5.03. The Morgan fingerprint density at radius 2 is 1.76 bits per heavy atom. The molecule has 2 aromatic carbocycles. The number of carbonyl (C=O) groups excluding carboxylic acids is 2. The normalized spacial score (nSPS) is 16.0. The van der Waals surface area contributed by atoms with Crippen LogP contribution >= 0.6 is 0 Å². The summed E-state index contributed by atoms with van der Waals surface area (Å²) in [5, 5.41) is 8.43. The van der Waals surface area contributed by atoms with Crippen LogP contribution in [0.4, 0.5) is 10.5 Å². The van der Waals surface area contributed by atoms with Crippen LogP contribution in [-0.4, -0.2) is 26.2 Å². The number of anilines is 1. The number of nitrogens with one attached hydrogen (secondary N) is 3. The van der Waals surface area contributed by atoms with Gasteiger partial charge in [0.05, 0.1) is 25.8 Å². The molecule has 7 heteroatoms. The largest absolute Gasteiger partial charge is 0.497 e. The lowest BCUT2D eigenvalue weighted by Crippen LogP contribution is -2.46. The van der Waals surface area contributed by atoms with Crippen LogP contribution in [0.2, 0.25) is 0 Å². The molecule has 0 bridgehead atoms. The van der Waals surface area contributed by atoms with E-state index in [1.54, 1.807) is 39.3 Å². The average molecular weight is 395 g/mol. The van der Waals surface area contributed by atoms with Gasteiger partial charge in [-0.05, 0) is 62.2 Å². The quantitative estimate of drug-likeness (QED) is 0.722. The molecule has 0 saturated heterocycles. The second-order valence-corrected chi connectivity index (χ2v) is 6.93. The van der Waals surface area contributed by atoms with Crippen molar-refractivity contribution in [1.82, 2.24) is 10.6 Å². The van der Waals surface area contributed by atoms with Gasteiger partial charge in [-0.2, -0.15) is 0 Å². The minimum Gasteiger partial charge on any atom is -0.497 e. The maximum Gasteiger partial charge on any atom is 0.319 e. The number of aryl methyl sites for hydroxylation is 2. The molecule has 7 nitrogen and oxygen atoms in total. The first-order chi connectivity index (χ1) is 13.8. The Morgan fingerprint density at radius 3 is 2.41 bits per heavy atom. The summed E-state index contributed by atoms with van der Waals surface area (Å²) in [6.07, 6.45) is 0. The van der Waals surface area contributed by atoms with Gasteiger partial charge in [-0.15, -0.1) is 0 Å². The minimum absolute atomic E-state index is 0.312. The van der Waals surface area contributed by atoms with E-state index < -0.39 is 6.04 Å². The van der Waals surface area contributed by atoms with Crippen LogP contribution in [0.5, 0.6) is 11.5 Å². The van der Waals surface area contributed by atoms with Crippen LogP contribution in [0.3, 0.4) is 0 Å². The molecule has 152 valence electrons. The van der Waals surface area contributed by atoms with Crippen LogP contribution in [-0.2, 0) is 4.79 Å². The predicted octanol–water partition coefficient (Wildman–Crippen LogP) is 3.59. The Bertz CT molecular complexity index is 998. The number of amides is 3. The molecule has 0 saturated carbocycles. The molecule has 0 aliphatic carbocycles. The van der Waals surface area contributed by atoms with E-state index in [0.717, 1.165) is 11.1 Å². The van der Waals surface area contributed by atoms with Crippen LogP contribution in [0, 0.1) is 13.8 Å². The molecule has 1 aliphatic heterocycles. The summed E-state index contributed by atoms with van der Waals surface area (Å²) in [5.41, 5.74) is 4.41. The minimum atomic E-state index is -0.694. The number of hydrogen-bond donors (Lipinski definition) is 3. The molecule has 0 fully saturated rings. The molecule has 1 heterocycles. The van der Waals surface area contributed by atoms with E-state index in [-0.39, 0.29) is 11.9 Å². The van der Waals surface area contributed by atoms with Gasteiger partial charge in [0.2, 0.25) is 0 Å². The van der Waals surface area contributed by atoms with Crippen molar-refractivity contribution in [3.8, 4) is 11.5 Å². The smallest absolute Gasteiger partial charge is 0.319 e. The van der Waals surface area contributed by atoms with Crippen LogP contribution in [0.15, 0.2) is 47.7 Å². The number of ether oxygens (including phenoxy) is 2. The molecular weight excluding hydrogens is 370 g/mol. The Morgan fingerprint density at radius 1 is 1.00 bits per heavy atom. The van der Waals surface area contributed by atoms with Gasteiger partial charge in [0.25, 0.3) is 5.91 Å². The molecule has 0 spiro atoms. The maximum absolute atomic E-state index is 13.2. The molecule has 3 N–H and O–H groups in total. The number of hydrogen-bond acceptors (Lipinski definition) is 4. The van der Waals surface area contributed by atoms with Gasteiger partial charge in [0.15, 0.2) is 0 Å². The fourth-order valence-corrected chi connectivity index (χ4v) is 3.31. The highest BCUT2D eigenvalue weighted by Gasteiger charge is 2.33. The van der Waals surface area contributed by atoms with Crippen molar-refractivity contribution in [2.24, 2.45) is 0 Å². The lowest BCUT2D eigenvalue weighted by atomic mass is 9.93. The third-order valence-corrected chi connectivity index (χ3v) is 5.03. The van der Waals surface area contributed by atoms with Gasteiger partial charge in [-0.25, -0.2) is 4.79 Å². The first-order valence-electron chi connectivity index (χ1n) is 9.23. The highest BCUT2D eigenvalue weighted by atomic mass is 16.5. The molecule has 3 rings (SSSR count). The fourth-order valence-electron chi connectivity index (χ4n) is 3.31. The SMILES string of the molecule is COc1ccc(OC)c([C@@H]2NC(=O)NC(C)=C2C(=O)Nc2ccc(C)c(C)c2)c1. The predicted molar refractivity (Wildman–Crippen MR) is 111 cm³/mol. The summed E-state index contributed by atoms with van der Waals surface area (Å²) < 4.78 is 10.8. The topological polar surface area (TPSA) is 88.7 Å². The summed E-state index contributed by atoms with van der Waals surface area (Å²) in [6, 6.07) is 9.90. The number of methoxy groups -OCH3 is 2. The number of rotatable bonds is 5. The molecule has 29 heavy (non-hydrogen) atoms. The van der Waals surface area contributed by atoms with Crippen molar-refractivity contribution in [3.63, 3.8) is 0 Å². The van der Waals surface area contributed by atoms with E-state index in [2.05, 4.69) is 16.0 Å².